The molecule has 5 spiro atoms. The first-order valence-corrected chi connectivity index (χ1v) is 51.2. The first kappa shape index (κ1) is 90.1. The van der Waals surface area contributed by atoms with Crippen molar-refractivity contribution in [3.8, 4) is 11.6 Å². The van der Waals surface area contributed by atoms with E-state index in [0.717, 1.165) is 289 Å². The second-order valence-electron chi connectivity index (χ2n) is 42.5. The van der Waals surface area contributed by atoms with Crippen LogP contribution in [-0.2, 0) is 47.0 Å². The van der Waals surface area contributed by atoms with Gasteiger partial charge in [0.15, 0.2) is 28.2 Å². The minimum Gasteiger partial charge on any atom is -0.489 e. The van der Waals surface area contributed by atoms with E-state index >= 15 is 0 Å². The third-order valence-electron chi connectivity index (χ3n) is 33.8. The van der Waals surface area contributed by atoms with Gasteiger partial charge in [0.2, 0.25) is 5.88 Å². The van der Waals surface area contributed by atoms with Crippen LogP contribution in [0, 0.1) is 58.7 Å². The molecule has 29 nitrogen and oxygen atoms in total. The predicted octanol–water partition coefficient (Wildman–Crippen LogP) is 17.1. The fourth-order valence-corrected chi connectivity index (χ4v) is 26.2. The van der Waals surface area contributed by atoms with E-state index in [1.54, 1.807) is 65.4 Å². The smallest absolute Gasteiger partial charge is 0.219 e. The van der Waals surface area contributed by atoms with Crippen LogP contribution in [0.1, 0.15) is 191 Å². The zero-order chi connectivity index (χ0) is 98.8. The number of aromatic nitrogens is 17. The van der Waals surface area contributed by atoms with Gasteiger partial charge in [0.05, 0.1) is 113 Å². The van der Waals surface area contributed by atoms with Gasteiger partial charge < -0.3 is 60.6 Å². The van der Waals surface area contributed by atoms with Crippen molar-refractivity contribution >= 4 is 85.8 Å². The molecule has 34 heteroatoms. The van der Waals surface area contributed by atoms with E-state index in [2.05, 4.69) is 140 Å². The maximum atomic E-state index is 14.3. The molecular weight excluding hydrogens is 1840 g/mol. The Morgan fingerprint density at radius 3 is 1.17 bits per heavy atom. The van der Waals surface area contributed by atoms with Crippen molar-refractivity contribution in [1.29, 1.82) is 0 Å². The number of nitrogens with zero attached hydrogens (tertiary/aromatic N) is 22. The summed E-state index contributed by atoms with van der Waals surface area (Å²) >= 11 is 0. The number of fused-ring (bicyclic) bond motifs is 15. The summed E-state index contributed by atoms with van der Waals surface area (Å²) in [6.45, 7) is 37.1. The summed E-state index contributed by atoms with van der Waals surface area (Å²) < 4.78 is 93.2. The number of hydrogen-bond acceptors (Lipinski definition) is 24. The van der Waals surface area contributed by atoms with E-state index in [9.17, 15) is 22.0 Å². The van der Waals surface area contributed by atoms with Crippen LogP contribution in [0.2, 0.25) is 0 Å². The average Bonchev–Trinajstić information content (AvgIpc) is 1.54. The van der Waals surface area contributed by atoms with Gasteiger partial charge in [0, 0.05) is 85.1 Å². The standard InChI is InChI=1S/2C23H24FN5.C22H23FN6.C22H22FN5O.C21H21FN6O/c1-14-3-4-16-5-6-18(24)11-20(16)23-12-17(23)7-9-28(23)21-8-10-29-22(27-21)19(13-25-29)15(2)26-14;1-14-3-4-16-5-6-18(24)11-19(16)23-12-17(23)9-10-28(23)22-8-7-21-25-13-20(15(2)26-14)29(21)27-22;1-13-3-4-18-17(9-16(23)11-24-18)22-10-15(22)7-8-28(22)21-6-5-20-25-12-19(14(2)26-13)29(20)27-21;1-13-11-24-14(2)18-12-25-20-5-6-21(26-28(18)20)27-8-7-15-10-22(15,27)17-9-16(23)3-4-19(17)29-13;1-12-9-23-13(2)17-11-24-18-3-4-19(26-28(17)18)27-6-5-14-8-21(14,27)16-7-15(22)10-25-20(16)29-12/h5-6,8,10-11,13-14,17,26H,2-4,7,9,12H2,1H3;5-8,11,13-14,17,26H,2-4,9-10,12H2,1H3;5-6,9,11-13,15,26H,2-4,7-8,10H2,1H3;3-6,9,12-13,15,24H,2,7-8,10-11H2,1H3;3-4,7,10-12,14,23H,2,5-6,8-9H2,1H3/t14-,17-,23+;14-,17?,23?;2*13-,15?,22?;12-,14?,21?/m01100/s1. The molecule has 5 aliphatic carbocycles. The van der Waals surface area contributed by atoms with E-state index in [1.165, 1.54) is 29.6 Å². The highest BCUT2D eigenvalue weighted by atomic mass is 19.1. The van der Waals surface area contributed by atoms with Gasteiger partial charge in [0.25, 0.3) is 0 Å². The summed E-state index contributed by atoms with van der Waals surface area (Å²) in [6, 6.07) is 37.6. The molecule has 22 heterocycles. The van der Waals surface area contributed by atoms with Gasteiger partial charge in [-0.2, -0.15) is 5.10 Å². The van der Waals surface area contributed by atoms with Crippen LogP contribution in [0.4, 0.5) is 51.0 Å². The summed E-state index contributed by atoms with van der Waals surface area (Å²) in [5, 5.41) is 41.2. The first-order valence-electron chi connectivity index (χ1n) is 51.2. The molecule has 15 atom stereocenters. The van der Waals surface area contributed by atoms with Crippen LogP contribution in [0.5, 0.6) is 11.6 Å². The van der Waals surface area contributed by atoms with Crippen molar-refractivity contribution < 1.29 is 31.4 Å². The zero-order valence-electron chi connectivity index (χ0n) is 81.8. The number of piperidine rings is 5. The summed E-state index contributed by atoms with van der Waals surface area (Å²) in [6.07, 6.45) is 29.3. The Balaban J connectivity index is 0.0000000923. The fraction of sp³-hybridized carbons (Fsp3) is 0.387. The molecule has 10 fully saturated rings. The van der Waals surface area contributed by atoms with E-state index in [1.807, 2.05) is 123 Å². The monoisotopic (exact) mass is 1950 g/mol. The number of halogens is 5. The molecule has 10 bridgehead atoms. The Hall–Kier alpha value is -15.0. The quantitative estimate of drug-likeness (QED) is 0.0883. The molecule has 145 heavy (non-hydrogen) atoms. The first-order chi connectivity index (χ1) is 70.3. The van der Waals surface area contributed by atoms with Gasteiger partial charge in [-0.1, -0.05) is 45.0 Å². The highest BCUT2D eigenvalue weighted by molar-refractivity contribution is 5.76. The van der Waals surface area contributed by atoms with Gasteiger partial charge in [-0.05, 0) is 298 Å². The van der Waals surface area contributed by atoms with E-state index < -0.39 is 0 Å². The lowest BCUT2D eigenvalue weighted by Gasteiger charge is -2.31. The van der Waals surface area contributed by atoms with Crippen LogP contribution < -0.4 is 60.6 Å². The fourth-order valence-electron chi connectivity index (χ4n) is 26.2. The highest BCUT2D eigenvalue weighted by Crippen LogP contribution is 2.69. The minimum absolute atomic E-state index is 0.111. The molecule has 10 aliphatic heterocycles. The number of aryl methyl sites for hydroxylation is 3. The molecule has 15 aliphatic rings. The minimum atomic E-state index is -0.344. The van der Waals surface area contributed by atoms with Crippen LogP contribution in [-0.4, -0.2) is 159 Å². The van der Waals surface area contributed by atoms with Crippen molar-refractivity contribution in [2.24, 2.45) is 29.6 Å². The Morgan fingerprint density at radius 2 is 0.717 bits per heavy atom. The SMILES string of the molecule is C=C1NC[C@H](C)Oc2ccc(F)cc2C23CC2CCN3c2ccc3ncc1n3n2.C=C1NC[C@H](C)Oc2ncc(F)cc2C23CC2CCN3c2ccc3ncc1n3n2.C=C1N[C@@H](C)CCc2ccc(F)cc2[C@@]23C[C@@H]2CCN3c2ccn3ncc1c3n2.C=C1N[C@H](C)CCc2ccc(F)cc2C23CC2CCN3c2ccc3ncc1n3n2.C=C1N[C@H](C)CCc2ncc(F)cc2C23CC2CCN3c2ccc3ncc1n3n2. The molecule has 3 aromatic carbocycles. The molecule has 0 amide bonds. The molecule has 15 aromatic rings. The van der Waals surface area contributed by atoms with Gasteiger partial charge in [0.1, 0.15) is 98.9 Å². The molecule has 12 aromatic heterocycles. The summed E-state index contributed by atoms with van der Waals surface area (Å²) in [4.78, 5) is 43.5. The Kier molecular flexibility index (Phi) is 21.0. The second-order valence-corrected chi connectivity index (χ2v) is 42.5. The number of benzene rings is 3. The maximum absolute atomic E-state index is 14.3. The summed E-state index contributed by atoms with van der Waals surface area (Å²) in [7, 11) is 0. The van der Waals surface area contributed by atoms with Crippen molar-refractivity contribution in [3.63, 3.8) is 0 Å². The largest absolute Gasteiger partial charge is 0.489 e. The predicted molar refractivity (Wildman–Crippen MR) is 545 cm³/mol. The van der Waals surface area contributed by atoms with Gasteiger partial charge >= 0.3 is 0 Å². The molecule has 740 valence electrons. The normalized spacial score (nSPS) is 28.0. The Morgan fingerprint density at radius 1 is 0.345 bits per heavy atom. The lowest BCUT2D eigenvalue weighted by Crippen LogP contribution is -2.35. The number of nitrogens with one attached hydrogen (secondary N) is 5. The lowest BCUT2D eigenvalue weighted by atomic mass is 9.92. The summed E-state index contributed by atoms with van der Waals surface area (Å²) in [5.74, 6) is 7.17. The Bertz CT molecular complexity index is 7270. The molecule has 5 saturated heterocycles. The third-order valence-corrected chi connectivity index (χ3v) is 33.8. The van der Waals surface area contributed by atoms with Crippen LogP contribution >= 0.6 is 0 Å². The molecule has 5 N–H and O–H groups in total. The maximum Gasteiger partial charge on any atom is 0.219 e. The van der Waals surface area contributed by atoms with Crippen molar-refractivity contribution in [2.45, 2.75) is 195 Å². The molecule has 8 unspecified atom stereocenters. The van der Waals surface area contributed by atoms with E-state index in [4.69, 9.17) is 34.9 Å². The van der Waals surface area contributed by atoms with Crippen LogP contribution in [0.15, 0.2) is 204 Å². The summed E-state index contributed by atoms with van der Waals surface area (Å²) in [5.41, 5.74) is 19.8. The lowest BCUT2D eigenvalue weighted by molar-refractivity contribution is 0.209. The molecule has 5 saturated carbocycles. The van der Waals surface area contributed by atoms with Crippen LogP contribution in [0.3, 0.4) is 0 Å². The molecule has 30 rings (SSSR count). The second kappa shape index (κ2) is 33.8. The average molecular weight is 1950 g/mol. The number of ether oxygens (including phenoxy) is 2. The highest BCUT2D eigenvalue weighted by Gasteiger charge is 2.69. The number of anilines is 5. The third kappa shape index (κ3) is 14.8. The molecule has 0 radical (unpaired) electrons. The van der Waals surface area contributed by atoms with Crippen molar-refractivity contribution in [2.75, 3.05) is 70.3 Å². The number of pyridine rings is 2. The molecular formula is C111H114F5N27O2. The van der Waals surface area contributed by atoms with Crippen molar-refractivity contribution in [1.82, 2.24) is 110 Å². The van der Waals surface area contributed by atoms with Crippen LogP contribution in [0.25, 0.3) is 56.7 Å². The van der Waals surface area contributed by atoms with Gasteiger partial charge in [-0.25, -0.2) is 74.4 Å². The number of imidazole rings is 4. The van der Waals surface area contributed by atoms with Crippen molar-refractivity contribution in [3.05, 3.63) is 306 Å². The van der Waals surface area contributed by atoms with Gasteiger partial charge in [-0.3, -0.25) is 4.98 Å². The van der Waals surface area contributed by atoms with E-state index in [-0.39, 0.29) is 87.1 Å². The number of hydrogen-bond donors (Lipinski definition) is 5. The van der Waals surface area contributed by atoms with Gasteiger partial charge in [-0.15, -0.1) is 20.4 Å². The zero-order valence-corrected chi connectivity index (χ0v) is 81.8. The number of rotatable bonds is 0. The topological polar surface area (TPSA) is 272 Å². The Labute approximate surface area is 834 Å². The van der Waals surface area contributed by atoms with E-state index in [0.29, 0.717) is 48.6 Å².